The van der Waals surface area contributed by atoms with Gasteiger partial charge in [-0.2, -0.15) is 10.2 Å². The molecule has 84 valence electrons. The van der Waals surface area contributed by atoms with E-state index in [1.54, 1.807) is 7.05 Å². The fourth-order valence-electron chi connectivity index (χ4n) is 0.472. The van der Waals surface area contributed by atoms with Crippen LogP contribution < -0.4 is 16.2 Å². The number of hydrogen-bond donors (Lipinski definition) is 3. The highest BCUT2D eigenvalue weighted by molar-refractivity contribution is 7.80. The summed E-state index contributed by atoms with van der Waals surface area (Å²) in [5.74, 6) is 0. The summed E-state index contributed by atoms with van der Waals surface area (Å²) in [6.45, 7) is 2.34. The molecular formula is C7H13N5OS2. The molecule has 0 saturated heterocycles. The molecule has 0 radical (unpaired) electrons. The topological polar surface area (TPSA) is 70.0 Å². The van der Waals surface area contributed by atoms with E-state index in [0.29, 0.717) is 11.7 Å². The van der Waals surface area contributed by atoms with Gasteiger partial charge in [0.2, 0.25) is 0 Å². The van der Waals surface area contributed by atoms with Gasteiger partial charge in [-0.05, 0) is 31.4 Å². The van der Waals surface area contributed by atoms with E-state index < -0.39 is 0 Å². The first kappa shape index (κ1) is 13.7. The summed E-state index contributed by atoms with van der Waals surface area (Å²) in [7, 11) is 1.70. The second-order valence-corrected chi connectivity index (χ2v) is 2.86. The van der Waals surface area contributed by atoms with Crippen molar-refractivity contribution in [2.24, 2.45) is 10.2 Å². The van der Waals surface area contributed by atoms with Gasteiger partial charge in [0.1, 0.15) is 0 Å². The van der Waals surface area contributed by atoms with Crippen LogP contribution in [0.2, 0.25) is 0 Å². The lowest BCUT2D eigenvalue weighted by Crippen LogP contribution is -2.28. The van der Waals surface area contributed by atoms with Gasteiger partial charge in [0.25, 0.3) is 5.17 Å². The maximum Gasteiger partial charge on any atom is 0.277 e. The van der Waals surface area contributed by atoms with Gasteiger partial charge in [-0.15, -0.1) is 0 Å². The van der Waals surface area contributed by atoms with E-state index in [1.165, 1.54) is 12.4 Å². The Balaban J connectivity index is 3.61. The fourth-order valence-corrected chi connectivity index (χ4v) is 0.695. The van der Waals surface area contributed by atoms with Gasteiger partial charge in [0.05, 0.1) is 19.0 Å². The molecule has 0 aromatic heterocycles. The predicted octanol–water partition coefficient (Wildman–Crippen LogP) is -0.0371. The molecule has 3 N–H and O–H groups in total. The van der Waals surface area contributed by atoms with Crippen molar-refractivity contribution in [1.82, 2.24) is 16.2 Å². The fraction of sp³-hybridized carbons (Fsp3) is 0.429. The maximum absolute atomic E-state index is 4.92. The van der Waals surface area contributed by atoms with Crippen molar-refractivity contribution in [3.05, 3.63) is 0 Å². The van der Waals surface area contributed by atoms with Crippen LogP contribution >= 0.6 is 24.4 Å². The van der Waals surface area contributed by atoms with Crippen LogP contribution in [0, 0.1) is 0 Å². The standard InChI is InChI=1S/C7H13N5OS2/c1-3-13-7(15)12-10-5-4-9-11-6(14)8-2/h4-5H,3H2,1-2H3,(H,12,15)(H2,8,11,14)/b9-4+,10-5+. The number of rotatable bonds is 4. The van der Waals surface area contributed by atoms with E-state index in [-0.39, 0.29) is 5.17 Å². The van der Waals surface area contributed by atoms with Crippen molar-refractivity contribution in [2.75, 3.05) is 13.7 Å². The Morgan fingerprint density at radius 1 is 1.27 bits per heavy atom. The molecule has 0 unspecified atom stereocenters. The number of nitrogens with zero attached hydrogens (tertiary/aromatic N) is 2. The summed E-state index contributed by atoms with van der Waals surface area (Å²) in [5.41, 5.74) is 5.05. The second-order valence-electron chi connectivity index (χ2n) is 2.08. The summed E-state index contributed by atoms with van der Waals surface area (Å²) < 4.78 is 4.92. The van der Waals surface area contributed by atoms with Crippen molar-refractivity contribution < 1.29 is 4.74 Å². The first-order chi connectivity index (χ1) is 7.20. The molecule has 0 saturated carbocycles. The zero-order valence-electron chi connectivity index (χ0n) is 8.48. The van der Waals surface area contributed by atoms with Crippen LogP contribution in [0.3, 0.4) is 0 Å². The zero-order chi connectivity index (χ0) is 11.5. The quantitative estimate of drug-likeness (QED) is 0.368. The number of nitrogens with one attached hydrogen (secondary N) is 3. The Morgan fingerprint density at radius 3 is 2.40 bits per heavy atom. The van der Waals surface area contributed by atoms with Gasteiger partial charge in [0.15, 0.2) is 5.11 Å². The molecule has 0 amide bonds. The van der Waals surface area contributed by atoms with Crippen LogP contribution in [0.25, 0.3) is 0 Å². The zero-order valence-corrected chi connectivity index (χ0v) is 10.1. The van der Waals surface area contributed by atoms with Crippen LogP contribution in [0.4, 0.5) is 0 Å². The van der Waals surface area contributed by atoms with Gasteiger partial charge in [0, 0.05) is 7.05 Å². The van der Waals surface area contributed by atoms with E-state index in [2.05, 4.69) is 26.4 Å². The average molecular weight is 247 g/mol. The van der Waals surface area contributed by atoms with Gasteiger partial charge in [-0.3, -0.25) is 5.43 Å². The van der Waals surface area contributed by atoms with E-state index in [9.17, 15) is 0 Å². The summed E-state index contributed by atoms with van der Waals surface area (Å²) in [4.78, 5) is 0. The minimum atomic E-state index is 0.223. The van der Waals surface area contributed by atoms with Crippen molar-refractivity contribution in [2.45, 2.75) is 6.92 Å². The highest BCUT2D eigenvalue weighted by Crippen LogP contribution is 1.75. The van der Waals surface area contributed by atoms with Gasteiger partial charge >= 0.3 is 0 Å². The van der Waals surface area contributed by atoms with Gasteiger partial charge in [-0.25, -0.2) is 5.43 Å². The minimum Gasteiger partial charge on any atom is -0.470 e. The molecule has 0 aliphatic rings. The molecule has 0 atom stereocenters. The highest BCUT2D eigenvalue weighted by atomic mass is 32.1. The Hall–Kier alpha value is -1.28. The monoisotopic (exact) mass is 247 g/mol. The lowest BCUT2D eigenvalue weighted by Gasteiger charge is -2.01. The molecule has 0 aromatic carbocycles. The van der Waals surface area contributed by atoms with Crippen molar-refractivity contribution in [3.63, 3.8) is 0 Å². The summed E-state index contributed by atoms with van der Waals surface area (Å²) in [6, 6.07) is 0. The molecule has 0 heterocycles. The summed E-state index contributed by atoms with van der Waals surface area (Å²) >= 11 is 9.53. The van der Waals surface area contributed by atoms with Gasteiger partial charge in [-0.1, -0.05) is 0 Å². The lowest BCUT2D eigenvalue weighted by molar-refractivity contribution is 0.321. The number of hydrogen-bond acceptors (Lipinski definition) is 5. The van der Waals surface area contributed by atoms with Crippen LogP contribution in [0.15, 0.2) is 10.2 Å². The van der Waals surface area contributed by atoms with Gasteiger partial charge < -0.3 is 10.1 Å². The second kappa shape index (κ2) is 9.28. The molecular weight excluding hydrogens is 234 g/mol. The normalized spacial score (nSPS) is 10.3. The Morgan fingerprint density at radius 2 is 1.87 bits per heavy atom. The third-order valence-electron chi connectivity index (χ3n) is 1.04. The molecule has 0 aliphatic heterocycles. The molecule has 8 heteroatoms. The summed E-state index contributed by atoms with van der Waals surface area (Å²) in [6.07, 6.45) is 2.84. The molecule has 6 nitrogen and oxygen atoms in total. The molecule has 0 spiro atoms. The Labute approximate surface area is 99.1 Å². The van der Waals surface area contributed by atoms with Crippen LogP contribution in [-0.2, 0) is 4.74 Å². The molecule has 0 fully saturated rings. The lowest BCUT2D eigenvalue weighted by atomic mass is 10.8. The largest absolute Gasteiger partial charge is 0.470 e. The number of hydrazone groups is 2. The van der Waals surface area contributed by atoms with E-state index in [4.69, 9.17) is 29.2 Å². The summed E-state index contributed by atoms with van der Waals surface area (Å²) in [5, 5.41) is 10.8. The number of ether oxygens (including phenoxy) is 1. The van der Waals surface area contributed by atoms with Crippen LogP contribution in [0.5, 0.6) is 0 Å². The van der Waals surface area contributed by atoms with Crippen LogP contribution in [0.1, 0.15) is 6.92 Å². The first-order valence-corrected chi connectivity index (χ1v) is 4.97. The smallest absolute Gasteiger partial charge is 0.277 e. The third kappa shape index (κ3) is 9.03. The maximum atomic E-state index is 4.92. The average Bonchev–Trinajstić information content (AvgIpc) is 2.23. The molecule has 0 rings (SSSR count). The molecule has 0 aromatic rings. The Kier molecular flexibility index (Phi) is 8.49. The van der Waals surface area contributed by atoms with Crippen LogP contribution in [-0.4, -0.2) is 36.4 Å². The van der Waals surface area contributed by atoms with E-state index in [0.717, 1.165) is 0 Å². The molecule has 0 bridgehead atoms. The predicted molar refractivity (Wildman–Crippen MR) is 69.1 cm³/mol. The SMILES string of the molecule is CCOC(=S)N/N=C/C=N/NC(=S)NC. The Bertz CT molecular complexity index is 266. The molecule has 15 heavy (non-hydrogen) atoms. The third-order valence-corrected chi connectivity index (χ3v) is 1.54. The molecule has 0 aliphatic carbocycles. The van der Waals surface area contributed by atoms with Crippen molar-refractivity contribution >= 4 is 47.2 Å². The number of thiocarbonyl (C=S) groups is 2. The van der Waals surface area contributed by atoms with E-state index in [1.807, 2.05) is 6.92 Å². The van der Waals surface area contributed by atoms with Crippen molar-refractivity contribution in [1.29, 1.82) is 0 Å². The van der Waals surface area contributed by atoms with Crippen molar-refractivity contribution in [3.8, 4) is 0 Å². The highest BCUT2D eigenvalue weighted by Gasteiger charge is 1.88. The first-order valence-electron chi connectivity index (χ1n) is 4.16. The van der Waals surface area contributed by atoms with E-state index >= 15 is 0 Å². The minimum absolute atomic E-state index is 0.223.